The molecule has 0 unspecified atom stereocenters. The average molecular weight is 277 g/mol. The lowest BCUT2D eigenvalue weighted by atomic mass is 10.2. The van der Waals surface area contributed by atoms with Gasteiger partial charge in [-0.2, -0.15) is 0 Å². The van der Waals surface area contributed by atoms with Gasteiger partial charge in [0, 0.05) is 44.3 Å². The quantitative estimate of drug-likeness (QED) is 0.837. The molecule has 0 bridgehead atoms. The Morgan fingerprint density at radius 1 is 1.15 bits per heavy atom. The SMILES string of the molecule is CC(C)O[C@@H](C)C(=O)N1CCN(c2ccncc2)CC1. The van der Waals surface area contributed by atoms with Crippen molar-refractivity contribution >= 4 is 11.6 Å². The number of piperazine rings is 1. The van der Waals surface area contributed by atoms with E-state index in [0.29, 0.717) is 0 Å². The van der Waals surface area contributed by atoms with E-state index in [1.54, 1.807) is 12.4 Å². The highest BCUT2D eigenvalue weighted by molar-refractivity contribution is 5.80. The first-order valence-electron chi connectivity index (χ1n) is 7.17. The third-order valence-electron chi connectivity index (χ3n) is 3.44. The van der Waals surface area contributed by atoms with Gasteiger partial charge in [-0.15, -0.1) is 0 Å². The van der Waals surface area contributed by atoms with Crippen LogP contribution >= 0.6 is 0 Å². The summed E-state index contributed by atoms with van der Waals surface area (Å²) in [6.45, 7) is 8.92. The lowest BCUT2D eigenvalue weighted by Crippen LogP contribution is -2.51. The Balaban J connectivity index is 1.86. The van der Waals surface area contributed by atoms with E-state index in [1.165, 1.54) is 5.69 Å². The molecule has 1 aliphatic rings. The Hall–Kier alpha value is -1.62. The molecule has 5 heteroatoms. The van der Waals surface area contributed by atoms with Crippen molar-refractivity contribution in [2.24, 2.45) is 0 Å². The highest BCUT2D eigenvalue weighted by Crippen LogP contribution is 2.15. The fourth-order valence-electron chi connectivity index (χ4n) is 2.46. The number of pyridine rings is 1. The van der Waals surface area contributed by atoms with Crippen molar-refractivity contribution in [3.63, 3.8) is 0 Å². The van der Waals surface area contributed by atoms with E-state index in [-0.39, 0.29) is 18.1 Å². The summed E-state index contributed by atoms with van der Waals surface area (Å²) in [5, 5.41) is 0. The monoisotopic (exact) mass is 277 g/mol. The first-order valence-corrected chi connectivity index (χ1v) is 7.17. The van der Waals surface area contributed by atoms with Gasteiger partial charge < -0.3 is 14.5 Å². The number of carbonyl (C=O) groups excluding carboxylic acids is 1. The van der Waals surface area contributed by atoms with Crippen molar-refractivity contribution in [3.8, 4) is 0 Å². The molecule has 2 heterocycles. The smallest absolute Gasteiger partial charge is 0.251 e. The van der Waals surface area contributed by atoms with Crippen LogP contribution in [0.1, 0.15) is 20.8 Å². The molecule has 0 radical (unpaired) electrons. The van der Waals surface area contributed by atoms with Crippen molar-refractivity contribution < 1.29 is 9.53 Å². The minimum atomic E-state index is -0.359. The summed E-state index contributed by atoms with van der Waals surface area (Å²) in [5.74, 6) is 0.0908. The van der Waals surface area contributed by atoms with Crippen LogP contribution in [0.3, 0.4) is 0 Å². The molecule has 1 aromatic rings. The highest BCUT2D eigenvalue weighted by atomic mass is 16.5. The van der Waals surface area contributed by atoms with Crippen molar-refractivity contribution in [1.29, 1.82) is 0 Å². The molecule has 2 rings (SSSR count). The second kappa shape index (κ2) is 6.70. The third kappa shape index (κ3) is 3.70. The average Bonchev–Trinajstić information content (AvgIpc) is 2.47. The Kier molecular flexibility index (Phi) is 4.95. The minimum absolute atomic E-state index is 0.0760. The lowest BCUT2D eigenvalue weighted by molar-refractivity contribution is -0.145. The molecule has 20 heavy (non-hydrogen) atoms. The van der Waals surface area contributed by atoms with Gasteiger partial charge in [0.15, 0.2) is 0 Å². The summed E-state index contributed by atoms with van der Waals surface area (Å²) >= 11 is 0. The number of aromatic nitrogens is 1. The second-order valence-electron chi connectivity index (χ2n) is 5.34. The van der Waals surface area contributed by atoms with Gasteiger partial charge >= 0.3 is 0 Å². The molecule has 0 N–H and O–H groups in total. The molecule has 5 nitrogen and oxygen atoms in total. The van der Waals surface area contributed by atoms with Gasteiger partial charge in [0.05, 0.1) is 6.10 Å². The molecule has 1 amide bonds. The van der Waals surface area contributed by atoms with Crippen LogP contribution in [0.15, 0.2) is 24.5 Å². The summed E-state index contributed by atoms with van der Waals surface area (Å²) < 4.78 is 5.56. The Morgan fingerprint density at radius 3 is 2.30 bits per heavy atom. The maximum absolute atomic E-state index is 12.2. The largest absolute Gasteiger partial charge is 0.368 e. The van der Waals surface area contributed by atoms with Gasteiger partial charge in [-0.3, -0.25) is 9.78 Å². The standard InChI is InChI=1S/C15H23N3O2/c1-12(2)20-13(3)15(19)18-10-8-17(9-11-18)14-4-6-16-7-5-14/h4-7,12-13H,8-11H2,1-3H3/t13-/m0/s1. The summed E-state index contributed by atoms with van der Waals surface area (Å²) in [6, 6.07) is 4.00. The Bertz CT molecular complexity index is 428. The van der Waals surface area contributed by atoms with E-state index in [4.69, 9.17) is 4.74 Å². The summed E-state index contributed by atoms with van der Waals surface area (Å²) in [5.41, 5.74) is 1.17. The lowest BCUT2D eigenvalue weighted by Gasteiger charge is -2.37. The van der Waals surface area contributed by atoms with E-state index in [0.717, 1.165) is 26.2 Å². The predicted octanol–water partition coefficient (Wildman–Crippen LogP) is 1.54. The maximum Gasteiger partial charge on any atom is 0.251 e. The van der Waals surface area contributed by atoms with Crippen LogP contribution in [-0.4, -0.2) is 54.2 Å². The van der Waals surface area contributed by atoms with Gasteiger partial charge in [0.1, 0.15) is 6.10 Å². The van der Waals surface area contributed by atoms with E-state index in [1.807, 2.05) is 37.8 Å². The zero-order valence-electron chi connectivity index (χ0n) is 12.5. The number of nitrogens with zero attached hydrogens (tertiary/aromatic N) is 3. The Labute approximate surface area is 120 Å². The number of hydrogen-bond donors (Lipinski definition) is 0. The third-order valence-corrected chi connectivity index (χ3v) is 3.44. The molecule has 0 aliphatic carbocycles. The maximum atomic E-state index is 12.2. The zero-order chi connectivity index (χ0) is 14.5. The van der Waals surface area contributed by atoms with Crippen molar-refractivity contribution in [2.45, 2.75) is 33.0 Å². The topological polar surface area (TPSA) is 45.7 Å². The minimum Gasteiger partial charge on any atom is -0.368 e. The molecular weight excluding hydrogens is 254 g/mol. The van der Waals surface area contributed by atoms with Crippen LogP contribution in [0.2, 0.25) is 0 Å². The Morgan fingerprint density at radius 2 is 1.75 bits per heavy atom. The molecule has 1 fully saturated rings. The van der Waals surface area contributed by atoms with E-state index in [2.05, 4.69) is 9.88 Å². The van der Waals surface area contributed by atoms with Crippen LogP contribution in [0, 0.1) is 0 Å². The number of hydrogen-bond acceptors (Lipinski definition) is 4. The van der Waals surface area contributed by atoms with Gasteiger partial charge in [0.25, 0.3) is 5.91 Å². The number of rotatable bonds is 4. The van der Waals surface area contributed by atoms with Crippen LogP contribution in [-0.2, 0) is 9.53 Å². The van der Waals surface area contributed by atoms with Crippen molar-refractivity contribution in [1.82, 2.24) is 9.88 Å². The fourth-order valence-corrected chi connectivity index (χ4v) is 2.46. The molecule has 1 aromatic heterocycles. The van der Waals surface area contributed by atoms with E-state index in [9.17, 15) is 4.79 Å². The van der Waals surface area contributed by atoms with Gasteiger partial charge in [-0.25, -0.2) is 0 Å². The molecule has 1 saturated heterocycles. The second-order valence-corrected chi connectivity index (χ2v) is 5.34. The number of ether oxygens (including phenoxy) is 1. The first kappa shape index (κ1) is 14.8. The fraction of sp³-hybridized carbons (Fsp3) is 0.600. The van der Waals surface area contributed by atoms with E-state index >= 15 is 0 Å². The van der Waals surface area contributed by atoms with Crippen LogP contribution in [0.25, 0.3) is 0 Å². The predicted molar refractivity (Wildman–Crippen MR) is 78.7 cm³/mol. The van der Waals surface area contributed by atoms with Crippen molar-refractivity contribution in [3.05, 3.63) is 24.5 Å². The van der Waals surface area contributed by atoms with Gasteiger partial charge in [-0.1, -0.05) is 0 Å². The van der Waals surface area contributed by atoms with Crippen molar-refractivity contribution in [2.75, 3.05) is 31.1 Å². The summed E-state index contributed by atoms with van der Waals surface area (Å²) in [7, 11) is 0. The first-order chi connectivity index (χ1) is 9.58. The molecule has 1 atom stereocenters. The molecule has 1 aliphatic heterocycles. The normalized spacial score (nSPS) is 17.4. The molecule has 0 aromatic carbocycles. The number of anilines is 1. The zero-order valence-corrected chi connectivity index (χ0v) is 12.5. The summed E-state index contributed by atoms with van der Waals surface area (Å²) in [6.07, 6.45) is 3.31. The molecule has 0 saturated carbocycles. The van der Waals surface area contributed by atoms with Crippen LogP contribution in [0.5, 0.6) is 0 Å². The molecular formula is C15H23N3O2. The summed E-state index contributed by atoms with van der Waals surface area (Å²) in [4.78, 5) is 20.4. The van der Waals surface area contributed by atoms with E-state index < -0.39 is 0 Å². The molecule has 0 spiro atoms. The molecule has 110 valence electrons. The number of carbonyl (C=O) groups is 1. The highest BCUT2D eigenvalue weighted by Gasteiger charge is 2.25. The number of amides is 1. The van der Waals surface area contributed by atoms with Gasteiger partial charge in [0.2, 0.25) is 0 Å². The van der Waals surface area contributed by atoms with Crippen LogP contribution in [0.4, 0.5) is 5.69 Å². The van der Waals surface area contributed by atoms with Crippen LogP contribution < -0.4 is 4.90 Å². The van der Waals surface area contributed by atoms with Gasteiger partial charge in [-0.05, 0) is 32.9 Å².